The highest BCUT2D eigenvalue weighted by atomic mass is 31.2. The molecule has 1 aromatic carbocycles. The molecular weight excluding hydrogens is 331 g/mol. The van der Waals surface area contributed by atoms with Crippen LogP contribution in [-0.2, 0) is 28.5 Å². The first-order valence-corrected chi connectivity index (χ1v) is 9.37. The Morgan fingerprint density at radius 3 is 2.08 bits per heavy atom. The molecule has 0 radical (unpaired) electrons. The first-order chi connectivity index (χ1) is 11.2. The zero-order valence-corrected chi connectivity index (χ0v) is 15.1. The predicted molar refractivity (Wildman–Crippen MR) is 89.4 cm³/mol. The van der Waals surface area contributed by atoms with Gasteiger partial charge in [-0.15, -0.1) is 0 Å². The lowest BCUT2D eigenvalue weighted by Crippen LogP contribution is -2.41. The van der Waals surface area contributed by atoms with Gasteiger partial charge in [-0.2, -0.15) is 0 Å². The number of cyclic esters (lactones) is 1. The van der Waals surface area contributed by atoms with E-state index in [1.165, 1.54) is 12.2 Å². The summed E-state index contributed by atoms with van der Waals surface area (Å²) in [5.41, 5.74) is 0.291. The van der Waals surface area contributed by atoms with Crippen LogP contribution in [0.5, 0.6) is 0 Å². The maximum atomic E-state index is 13.6. The van der Waals surface area contributed by atoms with Crippen LogP contribution in [-0.4, -0.2) is 29.4 Å². The number of ether oxygens (including phenoxy) is 1. The molecule has 0 aliphatic carbocycles. The Balaban J connectivity index is 2.60. The van der Waals surface area contributed by atoms with Gasteiger partial charge in [0.25, 0.3) is 0 Å². The van der Waals surface area contributed by atoms with Crippen LogP contribution in [0, 0.1) is 0 Å². The van der Waals surface area contributed by atoms with Crippen LogP contribution in [0.1, 0.15) is 33.3 Å². The second kappa shape index (κ2) is 7.19. The molecule has 7 heteroatoms. The molecule has 1 aliphatic heterocycles. The Morgan fingerprint density at radius 2 is 1.67 bits per heavy atom. The minimum Gasteiger partial charge on any atom is -0.451 e. The van der Waals surface area contributed by atoms with Gasteiger partial charge in [-0.3, -0.25) is 4.57 Å². The van der Waals surface area contributed by atoms with Crippen LogP contribution < -0.4 is 0 Å². The summed E-state index contributed by atoms with van der Waals surface area (Å²) in [6.45, 7) is 6.77. The number of hydrogen-bond donors (Lipinski definition) is 1. The summed E-state index contributed by atoms with van der Waals surface area (Å²) in [5, 5.41) is 9.33. The van der Waals surface area contributed by atoms with Gasteiger partial charge >= 0.3 is 13.6 Å². The van der Waals surface area contributed by atoms with Crippen LogP contribution >= 0.6 is 7.60 Å². The van der Waals surface area contributed by atoms with Crippen LogP contribution in [0.2, 0.25) is 0 Å². The summed E-state index contributed by atoms with van der Waals surface area (Å²) >= 11 is 0. The maximum absolute atomic E-state index is 13.6. The average molecular weight is 354 g/mol. The van der Waals surface area contributed by atoms with Gasteiger partial charge in [0, 0.05) is 6.08 Å². The summed E-state index contributed by atoms with van der Waals surface area (Å²) < 4.78 is 29.9. The maximum Gasteiger partial charge on any atom is 0.371 e. The van der Waals surface area contributed by atoms with Crippen molar-refractivity contribution in [2.75, 3.05) is 0 Å². The second-order valence-corrected chi connectivity index (χ2v) is 8.21. The average Bonchev–Trinajstić information content (AvgIpc) is 2.92. The first kappa shape index (κ1) is 18.9. The molecule has 1 heterocycles. The van der Waals surface area contributed by atoms with Crippen molar-refractivity contribution in [3.63, 3.8) is 0 Å². The molecule has 1 aromatic rings. The van der Waals surface area contributed by atoms with E-state index in [2.05, 4.69) is 0 Å². The quantitative estimate of drug-likeness (QED) is 0.597. The molecular formula is C17H23O6P. The molecule has 0 saturated heterocycles. The van der Waals surface area contributed by atoms with E-state index in [1.807, 2.05) is 0 Å². The zero-order valence-electron chi connectivity index (χ0n) is 14.2. The molecule has 132 valence electrons. The summed E-state index contributed by atoms with van der Waals surface area (Å²) in [6, 6.07) is 8.34. The van der Waals surface area contributed by atoms with Crippen molar-refractivity contribution >= 4 is 13.6 Å². The van der Waals surface area contributed by atoms with Crippen LogP contribution in [0.15, 0.2) is 42.5 Å². The molecule has 24 heavy (non-hydrogen) atoms. The fourth-order valence-electron chi connectivity index (χ4n) is 2.49. The van der Waals surface area contributed by atoms with Crippen molar-refractivity contribution < 1.29 is 28.3 Å². The van der Waals surface area contributed by atoms with E-state index in [9.17, 15) is 14.5 Å². The third-order valence-corrected chi connectivity index (χ3v) is 6.11. The van der Waals surface area contributed by atoms with Crippen molar-refractivity contribution in [1.82, 2.24) is 0 Å². The third kappa shape index (κ3) is 3.62. The van der Waals surface area contributed by atoms with Gasteiger partial charge in [0.1, 0.15) is 0 Å². The highest BCUT2D eigenvalue weighted by molar-refractivity contribution is 7.55. The van der Waals surface area contributed by atoms with Gasteiger partial charge in [0.2, 0.25) is 5.34 Å². The van der Waals surface area contributed by atoms with E-state index in [-0.39, 0.29) is 0 Å². The van der Waals surface area contributed by atoms with E-state index in [1.54, 1.807) is 58.0 Å². The number of benzene rings is 1. The van der Waals surface area contributed by atoms with Crippen molar-refractivity contribution in [3.05, 3.63) is 48.0 Å². The standard InChI is InChI=1S/C17H23O6P/c1-12(2)22-24(20,23-13(3)4)17(19,14-8-6-5-7-9-14)15-10-11-16(18)21-15/h5-13,15,19H,1-4H3/t15?,17-/m1/s1. The van der Waals surface area contributed by atoms with E-state index in [0.717, 1.165) is 0 Å². The number of esters is 1. The summed E-state index contributed by atoms with van der Waals surface area (Å²) in [6.07, 6.45) is 0.454. The zero-order chi connectivity index (χ0) is 18.0. The van der Waals surface area contributed by atoms with Crippen molar-refractivity contribution in [2.24, 2.45) is 0 Å². The fourth-order valence-corrected chi connectivity index (χ4v) is 4.89. The van der Waals surface area contributed by atoms with Gasteiger partial charge in [0.15, 0.2) is 6.10 Å². The van der Waals surface area contributed by atoms with Gasteiger partial charge in [0.05, 0.1) is 12.2 Å². The number of carbonyl (C=O) groups is 1. The Hall–Kier alpha value is -1.46. The molecule has 0 bridgehead atoms. The molecule has 0 aromatic heterocycles. The molecule has 0 fully saturated rings. The van der Waals surface area contributed by atoms with Crippen LogP contribution in [0.3, 0.4) is 0 Å². The normalized spacial score (nSPS) is 20.5. The lowest BCUT2D eigenvalue weighted by molar-refractivity contribution is -0.146. The summed E-state index contributed by atoms with van der Waals surface area (Å²) in [5.74, 6) is -0.616. The van der Waals surface area contributed by atoms with Crippen molar-refractivity contribution in [1.29, 1.82) is 0 Å². The SMILES string of the molecule is CC(C)OP(=O)(OC(C)C)[C@](O)(c1ccccc1)C1C=CC(=O)O1. The lowest BCUT2D eigenvalue weighted by atomic mass is 10.0. The summed E-state index contributed by atoms with van der Waals surface area (Å²) in [7, 11) is -4.12. The molecule has 2 atom stereocenters. The Bertz CT molecular complexity index is 640. The van der Waals surface area contributed by atoms with Gasteiger partial charge < -0.3 is 18.9 Å². The monoisotopic (exact) mass is 354 g/mol. The van der Waals surface area contributed by atoms with E-state index >= 15 is 0 Å². The number of hydrogen-bond acceptors (Lipinski definition) is 6. The number of aliphatic hydroxyl groups is 1. The molecule has 1 N–H and O–H groups in total. The van der Waals surface area contributed by atoms with E-state index in [4.69, 9.17) is 13.8 Å². The first-order valence-electron chi connectivity index (χ1n) is 7.82. The topological polar surface area (TPSA) is 82.1 Å². The molecule has 6 nitrogen and oxygen atoms in total. The Morgan fingerprint density at radius 1 is 1.12 bits per heavy atom. The lowest BCUT2D eigenvalue weighted by Gasteiger charge is -2.39. The predicted octanol–water partition coefficient (Wildman–Crippen LogP) is 3.36. The minimum atomic E-state index is -4.12. The minimum absolute atomic E-state index is 0.291. The van der Waals surface area contributed by atoms with E-state index < -0.39 is 37.2 Å². The Kier molecular flexibility index (Phi) is 5.66. The molecule has 1 aliphatic rings. The molecule has 1 unspecified atom stereocenters. The highest BCUT2D eigenvalue weighted by Gasteiger charge is 2.59. The van der Waals surface area contributed by atoms with Crippen molar-refractivity contribution in [3.8, 4) is 0 Å². The summed E-state index contributed by atoms with van der Waals surface area (Å²) in [4.78, 5) is 11.5. The van der Waals surface area contributed by atoms with E-state index in [0.29, 0.717) is 5.56 Å². The van der Waals surface area contributed by atoms with Gasteiger partial charge in [-0.1, -0.05) is 30.3 Å². The molecule has 0 spiro atoms. The smallest absolute Gasteiger partial charge is 0.371 e. The van der Waals surface area contributed by atoms with Gasteiger partial charge in [-0.25, -0.2) is 4.79 Å². The highest BCUT2D eigenvalue weighted by Crippen LogP contribution is 2.67. The number of rotatable bonds is 7. The Labute approximate surface area is 142 Å². The molecule has 2 rings (SSSR count). The van der Waals surface area contributed by atoms with Crippen LogP contribution in [0.4, 0.5) is 0 Å². The third-order valence-electron chi connectivity index (χ3n) is 3.36. The fraction of sp³-hybridized carbons (Fsp3) is 0.471. The van der Waals surface area contributed by atoms with Crippen molar-refractivity contribution in [2.45, 2.75) is 51.3 Å². The second-order valence-electron chi connectivity index (χ2n) is 6.11. The largest absolute Gasteiger partial charge is 0.451 e. The number of carbonyl (C=O) groups excluding carboxylic acids is 1. The van der Waals surface area contributed by atoms with Gasteiger partial charge in [-0.05, 0) is 39.3 Å². The molecule has 0 amide bonds. The molecule has 0 saturated carbocycles. The van der Waals surface area contributed by atoms with Crippen LogP contribution in [0.25, 0.3) is 0 Å².